The van der Waals surface area contributed by atoms with Gasteiger partial charge in [0.1, 0.15) is 0 Å². The van der Waals surface area contributed by atoms with Crippen molar-refractivity contribution in [3.63, 3.8) is 0 Å². The molecule has 0 aromatic heterocycles. The van der Waals surface area contributed by atoms with Crippen molar-refractivity contribution in [2.24, 2.45) is 23.7 Å². The minimum absolute atomic E-state index is 0.195. The predicted octanol–water partition coefficient (Wildman–Crippen LogP) is 10.8. The molecule has 0 spiro atoms. The van der Waals surface area contributed by atoms with Crippen molar-refractivity contribution in [3.8, 4) is 0 Å². The smallest absolute Gasteiger partial charge is 0.0815 e. The minimum atomic E-state index is -0.319. The van der Waals surface area contributed by atoms with Gasteiger partial charge in [-0.15, -0.1) is 0 Å². The summed E-state index contributed by atoms with van der Waals surface area (Å²) < 4.78 is 6.48. The summed E-state index contributed by atoms with van der Waals surface area (Å²) >= 11 is 0. The van der Waals surface area contributed by atoms with E-state index >= 15 is 0 Å². The van der Waals surface area contributed by atoms with E-state index in [4.69, 9.17) is 4.74 Å². The number of hydrogen-bond donors (Lipinski definition) is 1. The lowest BCUT2D eigenvalue weighted by atomic mass is 9.76. The van der Waals surface area contributed by atoms with Crippen LogP contribution in [0.2, 0.25) is 0 Å². The molecule has 0 saturated carbocycles. The zero-order chi connectivity index (χ0) is 27.5. The molecule has 1 rings (SSSR count). The van der Waals surface area contributed by atoms with Crippen molar-refractivity contribution in [2.75, 3.05) is 6.61 Å². The third kappa shape index (κ3) is 15.5. The first-order valence-electron chi connectivity index (χ1n) is 16.5. The molecule has 0 aromatic rings. The van der Waals surface area contributed by atoms with Gasteiger partial charge in [0, 0.05) is 6.61 Å². The van der Waals surface area contributed by atoms with Crippen molar-refractivity contribution in [1.29, 1.82) is 0 Å². The number of ether oxygens (including phenoxy) is 1. The molecule has 0 aliphatic heterocycles. The Balaban J connectivity index is 2.33. The summed E-state index contributed by atoms with van der Waals surface area (Å²) in [4.78, 5) is 0. The Hall–Kier alpha value is -0.600. The van der Waals surface area contributed by atoms with Gasteiger partial charge in [0.25, 0.3) is 0 Å². The lowest BCUT2D eigenvalue weighted by Gasteiger charge is -2.38. The molecule has 6 atom stereocenters. The van der Waals surface area contributed by atoms with E-state index in [1.165, 1.54) is 108 Å². The van der Waals surface area contributed by atoms with Crippen LogP contribution in [-0.4, -0.2) is 23.9 Å². The summed E-state index contributed by atoms with van der Waals surface area (Å²) in [5.41, 5.74) is 2.96. The molecule has 1 aliphatic carbocycles. The zero-order valence-electron chi connectivity index (χ0n) is 26.2. The highest BCUT2D eigenvalue weighted by Gasteiger charge is 2.34. The summed E-state index contributed by atoms with van der Waals surface area (Å²) in [7, 11) is 0. The van der Waals surface area contributed by atoms with Crippen LogP contribution in [0.25, 0.3) is 0 Å². The molecule has 0 saturated heterocycles. The second-order valence-electron chi connectivity index (χ2n) is 12.8. The van der Waals surface area contributed by atoms with Gasteiger partial charge in [-0.3, -0.25) is 0 Å². The van der Waals surface area contributed by atoms with Gasteiger partial charge in [0.15, 0.2) is 0 Å². The largest absolute Gasteiger partial charge is 0.389 e. The Morgan fingerprint density at radius 1 is 0.838 bits per heavy atom. The average Bonchev–Trinajstić information content (AvgIpc) is 2.87. The standard InChI is InChI=1S/C35H66O2/c1-8-10-12-13-14-16-26-37-35-32(7)31(6)34(36)27-33(35)25-24-30(5)23-18-22-29(4)21-17-20-28(3)19-15-11-9-2/h19,27,29-32,34-36H,8-18,20-26H2,1-7H3/b28-19+. The molecule has 37 heavy (non-hydrogen) atoms. The van der Waals surface area contributed by atoms with E-state index in [1.807, 2.05) is 0 Å². The molecule has 0 heterocycles. The quantitative estimate of drug-likeness (QED) is 0.114. The summed E-state index contributed by atoms with van der Waals surface area (Å²) in [5, 5.41) is 10.6. The first-order chi connectivity index (χ1) is 17.8. The Kier molecular flexibility index (Phi) is 19.8. The monoisotopic (exact) mass is 519 g/mol. The molecule has 1 N–H and O–H groups in total. The maximum Gasteiger partial charge on any atom is 0.0815 e. The summed E-state index contributed by atoms with van der Waals surface area (Å²) in [6.07, 6.45) is 26.5. The van der Waals surface area contributed by atoms with Crippen LogP contribution in [0.4, 0.5) is 0 Å². The second-order valence-corrected chi connectivity index (χ2v) is 12.8. The van der Waals surface area contributed by atoms with Crippen LogP contribution >= 0.6 is 0 Å². The highest BCUT2D eigenvalue weighted by Crippen LogP contribution is 2.35. The Morgan fingerprint density at radius 3 is 2.16 bits per heavy atom. The van der Waals surface area contributed by atoms with Gasteiger partial charge in [-0.25, -0.2) is 0 Å². The van der Waals surface area contributed by atoms with E-state index in [2.05, 4.69) is 60.6 Å². The predicted molar refractivity (Wildman–Crippen MR) is 164 cm³/mol. The van der Waals surface area contributed by atoms with Gasteiger partial charge in [0.05, 0.1) is 12.2 Å². The van der Waals surface area contributed by atoms with Crippen LogP contribution in [0.3, 0.4) is 0 Å². The van der Waals surface area contributed by atoms with Gasteiger partial charge < -0.3 is 9.84 Å². The highest BCUT2D eigenvalue weighted by atomic mass is 16.5. The topological polar surface area (TPSA) is 29.5 Å². The maximum absolute atomic E-state index is 10.6. The number of aliphatic hydroxyl groups is 1. The van der Waals surface area contributed by atoms with Crippen LogP contribution in [0.15, 0.2) is 23.3 Å². The van der Waals surface area contributed by atoms with E-state index < -0.39 is 0 Å². The first-order valence-corrected chi connectivity index (χ1v) is 16.5. The Labute approximate surface area is 233 Å². The molecule has 6 unspecified atom stereocenters. The Morgan fingerprint density at radius 2 is 1.46 bits per heavy atom. The number of unbranched alkanes of at least 4 members (excludes halogenated alkanes) is 7. The number of aliphatic hydroxyl groups excluding tert-OH is 1. The number of allylic oxidation sites excluding steroid dienone is 2. The van der Waals surface area contributed by atoms with E-state index in [-0.39, 0.29) is 18.1 Å². The molecule has 0 aromatic carbocycles. The highest BCUT2D eigenvalue weighted by molar-refractivity contribution is 5.18. The van der Waals surface area contributed by atoms with Crippen LogP contribution in [0.5, 0.6) is 0 Å². The molecule has 0 radical (unpaired) electrons. The van der Waals surface area contributed by atoms with Crippen LogP contribution < -0.4 is 0 Å². The normalized spacial score (nSPS) is 24.2. The summed E-state index contributed by atoms with van der Waals surface area (Å²) in [5.74, 6) is 2.24. The number of hydrogen-bond acceptors (Lipinski definition) is 2. The molecule has 2 heteroatoms. The lowest BCUT2D eigenvalue weighted by Crippen LogP contribution is -2.39. The molecule has 0 amide bonds. The fourth-order valence-corrected chi connectivity index (χ4v) is 5.87. The van der Waals surface area contributed by atoms with E-state index in [1.54, 1.807) is 5.57 Å². The zero-order valence-corrected chi connectivity index (χ0v) is 26.2. The summed E-state index contributed by atoms with van der Waals surface area (Å²) in [6, 6.07) is 0. The molecule has 2 nitrogen and oxygen atoms in total. The third-order valence-electron chi connectivity index (χ3n) is 9.03. The minimum Gasteiger partial charge on any atom is -0.389 e. The molecule has 218 valence electrons. The Bertz CT molecular complexity index is 606. The molecule has 1 aliphatic rings. The fourth-order valence-electron chi connectivity index (χ4n) is 5.87. The molecular formula is C35H66O2. The van der Waals surface area contributed by atoms with Crippen molar-refractivity contribution < 1.29 is 9.84 Å². The van der Waals surface area contributed by atoms with E-state index in [0.717, 1.165) is 24.9 Å². The lowest BCUT2D eigenvalue weighted by molar-refractivity contribution is -0.0127. The maximum atomic E-state index is 10.6. The van der Waals surface area contributed by atoms with Crippen molar-refractivity contribution in [1.82, 2.24) is 0 Å². The average molecular weight is 519 g/mol. The van der Waals surface area contributed by atoms with Gasteiger partial charge in [-0.2, -0.15) is 0 Å². The molecule has 0 fully saturated rings. The molecule has 0 bridgehead atoms. The SMILES string of the molecule is CCCC/C=C(\C)CCCC(C)CCCC(C)CCC1=CC(O)C(C)C(C)C1OCCCCCCCC. The fraction of sp³-hybridized carbons (Fsp3) is 0.886. The van der Waals surface area contributed by atoms with Gasteiger partial charge >= 0.3 is 0 Å². The number of rotatable bonds is 22. The van der Waals surface area contributed by atoms with Crippen LogP contribution in [0, 0.1) is 23.7 Å². The van der Waals surface area contributed by atoms with E-state index in [9.17, 15) is 5.11 Å². The van der Waals surface area contributed by atoms with Crippen LogP contribution in [0.1, 0.15) is 158 Å². The summed E-state index contributed by atoms with van der Waals surface area (Å²) in [6.45, 7) is 17.0. The van der Waals surface area contributed by atoms with Gasteiger partial charge in [-0.1, -0.05) is 130 Å². The molecular weight excluding hydrogens is 452 g/mol. The van der Waals surface area contributed by atoms with Gasteiger partial charge in [-0.05, 0) is 74.7 Å². The van der Waals surface area contributed by atoms with E-state index in [0.29, 0.717) is 5.92 Å². The van der Waals surface area contributed by atoms with Gasteiger partial charge in [0.2, 0.25) is 0 Å². The second kappa shape index (κ2) is 21.2. The van der Waals surface area contributed by atoms with Crippen molar-refractivity contribution >= 4 is 0 Å². The van der Waals surface area contributed by atoms with Crippen molar-refractivity contribution in [3.05, 3.63) is 23.3 Å². The van der Waals surface area contributed by atoms with Crippen molar-refractivity contribution in [2.45, 2.75) is 170 Å². The van der Waals surface area contributed by atoms with Crippen LogP contribution in [-0.2, 0) is 4.74 Å². The first kappa shape index (κ1) is 34.4. The third-order valence-corrected chi connectivity index (χ3v) is 9.03.